The summed E-state index contributed by atoms with van der Waals surface area (Å²) in [5.41, 5.74) is 1.68. The second kappa shape index (κ2) is 11.1. The summed E-state index contributed by atoms with van der Waals surface area (Å²) in [7, 11) is 1.62. The topological polar surface area (TPSA) is 101 Å². The molecule has 1 amide bonds. The second-order valence-corrected chi connectivity index (χ2v) is 7.67. The third kappa shape index (κ3) is 6.70. The zero-order valence-electron chi connectivity index (χ0n) is 16.6. The normalized spacial score (nSPS) is 14.8. The van der Waals surface area contributed by atoms with Crippen LogP contribution >= 0.6 is 11.8 Å². The Morgan fingerprint density at radius 1 is 1.31 bits per heavy atom. The summed E-state index contributed by atoms with van der Waals surface area (Å²) >= 11 is 1.23. The minimum absolute atomic E-state index is 0.144. The molecule has 1 aliphatic heterocycles. The number of carbonyl (C=O) groups excluding carboxylic acids is 1. The Morgan fingerprint density at radius 2 is 2.07 bits per heavy atom. The van der Waals surface area contributed by atoms with Crippen molar-refractivity contribution in [2.45, 2.75) is 24.7 Å². The van der Waals surface area contributed by atoms with E-state index in [4.69, 9.17) is 9.47 Å². The molecule has 158 valence electrons. The number of H-pyrrole nitrogens is 1. The zero-order chi connectivity index (χ0) is 20.5. The Hall–Kier alpha value is -2.14. The third-order valence-electron chi connectivity index (χ3n) is 4.53. The van der Waals surface area contributed by atoms with E-state index < -0.39 is 0 Å². The molecule has 1 fully saturated rings. The molecular formula is C19H27N5O4S. The first-order chi connectivity index (χ1) is 14.2. The number of nitrogens with zero attached hydrogens (tertiary/aromatic N) is 3. The van der Waals surface area contributed by atoms with Crippen molar-refractivity contribution in [1.82, 2.24) is 19.7 Å². The predicted octanol–water partition coefficient (Wildman–Crippen LogP) is 1.17. The van der Waals surface area contributed by atoms with E-state index in [1.165, 1.54) is 21.9 Å². The number of ether oxygens (including phenoxy) is 2. The number of rotatable bonds is 10. The van der Waals surface area contributed by atoms with Crippen molar-refractivity contribution in [1.29, 1.82) is 0 Å². The molecule has 3 rings (SSSR count). The molecule has 0 saturated carbocycles. The number of aromatic amines is 1. The Kier molecular flexibility index (Phi) is 8.29. The maximum absolute atomic E-state index is 12.3. The zero-order valence-corrected chi connectivity index (χ0v) is 17.4. The molecular weight excluding hydrogens is 394 g/mol. The number of carbonyl (C=O) groups is 1. The van der Waals surface area contributed by atoms with Crippen LogP contribution in [0.15, 0.2) is 34.2 Å². The number of benzene rings is 1. The summed E-state index contributed by atoms with van der Waals surface area (Å²) in [6.07, 6.45) is 0.701. The van der Waals surface area contributed by atoms with E-state index >= 15 is 0 Å². The van der Waals surface area contributed by atoms with Crippen molar-refractivity contribution in [3.05, 3.63) is 40.3 Å². The number of methoxy groups -OCH3 is 1. The molecule has 10 heteroatoms. The summed E-state index contributed by atoms with van der Waals surface area (Å²) in [6, 6.07) is 7.87. The maximum atomic E-state index is 12.3. The van der Waals surface area contributed by atoms with Gasteiger partial charge in [-0.05, 0) is 24.1 Å². The summed E-state index contributed by atoms with van der Waals surface area (Å²) in [5, 5.41) is 9.81. The van der Waals surface area contributed by atoms with Crippen molar-refractivity contribution in [3.63, 3.8) is 0 Å². The SMILES string of the molecule is COCCCn1c(SCC(=O)Nc2ccc(CN3CCOCC3)cc2)n[nH]c1=O. The molecule has 29 heavy (non-hydrogen) atoms. The van der Waals surface area contributed by atoms with Gasteiger partial charge in [-0.2, -0.15) is 0 Å². The van der Waals surface area contributed by atoms with Crippen molar-refractivity contribution in [3.8, 4) is 0 Å². The van der Waals surface area contributed by atoms with E-state index in [-0.39, 0.29) is 17.3 Å². The van der Waals surface area contributed by atoms with Crippen LogP contribution in [0.4, 0.5) is 5.69 Å². The predicted molar refractivity (Wildman–Crippen MR) is 111 cm³/mol. The number of thioether (sulfide) groups is 1. The standard InChI is InChI=1S/C19H27N5O4S/c1-27-10-2-7-24-18(26)21-22-19(24)29-14-17(25)20-16-5-3-15(4-6-16)13-23-8-11-28-12-9-23/h3-6H,2,7-14H2,1H3,(H,20,25)(H,21,26). The molecule has 2 N–H and O–H groups in total. The summed E-state index contributed by atoms with van der Waals surface area (Å²) < 4.78 is 11.9. The van der Waals surface area contributed by atoms with Gasteiger partial charge >= 0.3 is 5.69 Å². The first-order valence-corrected chi connectivity index (χ1v) is 10.6. The monoisotopic (exact) mass is 421 g/mol. The van der Waals surface area contributed by atoms with Crippen LogP contribution in [0.2, 0.25) is 0 Å². The van der Waals surface area contributed by atoms with Gasteiger partial charge in [-0.3, -0.25) is 14.3 Å². The van der Waals surface area contributed by atoms with Crippen LogP contribution < -0.4 is 11.0 Å². The summed E-state index contributed by atoms with van der Waals surface area (Å²) in [4.78, 5) is 26.4. The van der Waals surface area contributed by atoms with Crippen LogP contribution in [0, 0.1) is 0 Å². The Labute approximate surface area is 173 Å². The number of hydrogen-bond donors (Lipinski definition) is 2. The van der Waals surface area contributed by atoms with Gasteiger partial charge in [-0.25, -0.2) is 9.89 Å². The molecule has 1 aromatic heterocycles. The van der Waals surface area contributed by atoms with Crippen molar-refractivity contribution < 1.29 is 14.3 Å². The Morgan fingerprint density at radius 3 is 2.79 bits per heavy atom. The van der Waals surface area contributed by atoms with Crippen LogP contribution in [0.5, 0.6) is 0 Å². The molecule has 9 nitrogen and oxygen atoms in total. The largest absolute Gasteiger partial charge is 0.385 e. The summed E-state index contributed by atoms with van der Waals surface area (Å²) in [5.74, 6) is 0.0270. The number of morpholine rings is 1. The van der Waals surface area contributed by atoms with Crippen molar-refractivity contribution in [2.75, 3.05) is 51.1 Å². The lowest BCUT2D eigenvalue weighted by Gasteiger charge is -2.26. The lowest BCUT2D eigenvalue weighted by molar-refractivity contribution is -0.113. The van der Waals surface area contributed by atoms with E-state index in [1.807, 2.05) is 24.3 Å². The lowest BCUT2D eigenvalue weighted by Crippen LogP contribution is -2.35. The number of hydrogen-bond acceptors (Lipinski definition) is 7. The maximum Gasteiger partial charge on any atom is 0.343 e. The molecule has 0 aliphatic carbocycles. The average Bonchev–Trinajstić information content (AvgIpc) is 3.09. The van der Waals surface area contributed by atoms with Gasteiger partial charge in [0, 0.05) is 45.6 Å². The van der Waals surface area contributed by atoms with Gasteiger partial charge in [0.2, 0.25) is 5.91 Å². The summed E-state index contributed by atoms with van der Waals surface area (Å²) in [6.45, 7) is 5.39. The van der Waals surface area contributed by atoms with E-state index in [9.17, 15) is 9.59 Å². The molecule has 0 atom stereocenters. The average molecular weight is 422 g/mol. The molecule has 1 aliphatic rings. The number of amides is 1. The quantitative estimate of drug-likeness (QED) is 0.439. The smallest absolute Gasteiger partial charge is 0.343 e. The molecule has 0 spiro atoms. The van der Waals surface area contributed by atoms with Crippen LogP contribution in [-0.4, -0.2) is 71.3 Å². The number of nitrogens with one attached hydrogen (secondary N) is 2. The molecule has 0 unspecified atom stereocenters. The van der Waals surface area contributed by atoms with E-state index in [1.54, 1.807) is 7.11 Å². The van der Waals surface area contributed by atoms with Crippen LogP contribution in [0.3, 0.4) is 0 Å². The van der Waals surface area contributed by atoms with E-state index in [0.29, 0.717) is 24.7 Å². The third-order valence-corrected chi connectivity index (χ3v) is 5.51. The fourth-order valence-electron chi connectivity index (χ4n) is 3.02. The lowest BCUT2D eigenvalue weighted by atomic mass is 10.2. The highest BCUT2D eigenvalue weighted by Gasteiger charge is 2.13. The highest BCUT2D eigenvalue weighted by molar-refractivity contribution is 7.99. The highest BCUT2D eigenvalue weighted by atomic mass is 32.2. The minimum Gasteiger partial charge on any atom is -0.385 e. The van der Waals surface area contributed by atoms with Crippen LogP contribution in [0.1, 0.15) is 12.0 Å². The molecule has 1 aromatic carbocycles. The Balaban J connectivity index is 1.46. The highest BCUT2D eigenvalue weighted by Crippen LogP contribution is 2.16. The molecule has 0 radical (unpaired) electrons. The van der Waals surface area contributed by atoms with Gasteiger partial charge in [0.1, 0.15) is 0 Å². The number of anilines is 1. The van der Waals surface area contributed by atoms with Gasteiger partial charge < -0.3 is 14.8 Å². The van der Waals surface area contributed by atoms with Gasteiger partial charge in [0.05, 0.1) is 19.0 Å². The molecule has 2 heterocycles. The molecule has 1 saturated heterocycles. The van der Waals surface area contributed by atoms with Gasteiger partial charge in [0.15, 0.2) is 5.16 Å². The molecule has 2 aromatic rings. The van der Waals surface area contributed by atoms with Gasteiger partial charge in [-0.15, -0.1) is 5.10 Å². The first kappa shape index (κ1) is 21.6. The fraction of sp³-hybridized carbons (Fsp3) is 0.526. The molecule has 0 bridgehead atoms. The van der Waals surface area contributed by atoms with Gasteiger partial charge in [-0.1, -0.05) is 23.9 Å². The van der Waals surface area contributed by atoms with Gasteiger partial charge in [0.25, 0.3) is 0 Å². The van der Waals surface area contributed by atoms with Crippen molar-refractivity contribution in [2.24, 2.45) is 0 Å². The van der Waals surface area contributed by atoms with E-state index in [2.05, 4.69) is 20.4 Å². The fourth-order valence-corrected chi connectivity index (χ4v) is 3.79. The van der Waals surface area contributed by atoms with Crippen molar-refractivity contribution >= 4 is 23.4 Å². The van der Waals surface area contributed by atoms with Crippen LogP contribution in [0.25, 0.3) is 0 Å². The van der Waals surface area contributed by atoms with Crippen LogP contribution in [-0.2, 0) is 27.4 Å². The van der Waals surface area contributed by atoms with E-state index in [0.717, 1.165) is 38.5 Å². The first-order valence-electron chi connectivity index (χ1n) is 9.61. The Bertz CT molecular complexity index is 830. The minimum atomic E-state index is -0.278. The second-order valence-electron chi connectivity index (χ2n) is 6.73. The number of aromatic nitrogens is 3.